The predicted octanol–water partition coefficient (Wildman–Crippen LogP) is 1.23. The number of carbonyl (C=O) groups is 2. The second-order valence-corrected chi connectivity index (χ2v) is 5.12. The summed E-state index contributed by atoms with van der Waals surface area (Å²) < 4.78 is 5.73. The van der Waals surface area contributed by atoms with Crippen LogP contribution in [0.3, 0.4) is 0 Å². The normalized spacial score (nSPS) is 11.0. The summed E-state index contributed by atoms with van der Waals surface area (Å²) in [6.45, 7) is 9.51. The molecule has 1 atom stereocenters. The third kappa shape index (κ3) is 10.4. The first-order valence-electron chi connectivity index (χ1n) is 7.46. The molecule has 4 N–H and O–H groups in total. The van der Waals surface area contributed by atoms with E-state index < -0.39 is 11.9 Å². The lowest BCUT2D eigenvalue weighted by Crippen LogP contribution is -2.28. The van der Waals surface area contributed by atoms with Crippen LogP contribution in [0, 0.1) is 6.92 Å². The summed E-state index contributed by atoms with van der Waals surface area (Å²) in [7, 11) is 0. The molecule has 1 aromatic carbocycles. The number of rotatable bonds is 8. The Morgan fingerprint density at radius 3 is 2.46 bits per heavy atom. The van der Waals surface area contributed by atoms with Crippen molar-refractivity contribution in [2.75, 3.05) is 19.7 Å². The summed E-state index contributed by atoms with van der Waals surface area (Å²) >= 11 is 0. The van der Waals surface area contributed by atoms with E-state index in [4.69, 9.17) is 29.6 Å². The number of aliphatic hydroxyl groups excluding tert-OH is 1. The monoisotopic (exact) mass is 339 g/mol. The smallest absolute Gasteiger partial charge is 0.414 e. The molecule has 7 heteroatoms. The van der Waals surface area contributed by atoms with Crippen molar-refractivity contribution in [2.45, 2.75) is 26.4 Å². The van der Waals surface area contributed by atoms with Crippen molar-refractivity contribution in [2.24, 2.45) is 0 Å². The van der Waals surface area contributed by atoms with E-state index in [-0.39, 0.29) is 6.10 Å². The largest absolute Gasteiger partial charge is 0.492 e. The van der Waals surface area contributed by atoms with E-state index in [9.17, 15) is 0 Å². The first kappa shape index (κ1) is 21.6. The standard InChI is InChI=1S/C15H23NO2.C2H2O4/c1-4-5-14-10-12(2)6-7-15(14)18-9-8-16-11-13(3)17;3-1(4)2(5)6/h4,6-7,10,13,16-17H,1,5,8-9,11H2,2-3H3;(H,3,4)(H,5,6). The fourth-order valence-corrected chi connectivity index (χ4v) is 1.71. The highest BCUT2D eigenvalue weighted by atomic mass is 16.5. The molecule has 0 aromatic heterocycles. The van der Waals surface area contributed by atoms with Gasteiger partial charge >= 0.3 is 11.9 Å². The minimum Gasteiger partial charge on any atom is -0.492 e. The highest BCUT2D eigenvalue weighted by Crippen LogP contribution is 2.20. The van der Waals surface area contributed by atoms with Crippen molar-refractivity contribution in [3.63, 3.8) is 0 Å². The maximum absolute atomic E-state index is 9.10. The van der Waals surface area contributed by atoms with Crippen LogP contribution >= 0.6 is 0 Å². The number of aliphatic carboxylic acids is 2. The van der Waals surface area contributed by atoms with Gasteiger partial charge in [0.25, 0.3) is 0 Å². The highest BCUT2D eigenvalue weighted by molar-refractivity contribution is 6.27. The molecule has 0 aliphatic rings. The van der Waals surface area contributed by atoms with Crippen LogP contribution in [0.15, 0.2) is 30.9 Å². The number of hydrogen-bond donors (Lipinski definition) is 4. The first-order valence-corrected chi connectivity index (χ1v) is 7.46. The van der Waals surface area contributed by atoms with Crippen LogP contribution in [0.2, 0.25) is 0 Å². The Morgan fingerprint density at radius 1 is 1.33 bits per heavy atom. The Kier molecular flexibility index (Phi) is 10.9. The second-order valence-electron chi connectivity index (χ2n) is 5.12. The molecule has 0 radical (unpaired) electrons. The zero-order valence-electron chi connectivity index (χ0n) is 14.0. The SMILES string of the molecule is C=CCc1cc(C)ccc1OCCNCC(C)O.O=C(O)C(=O)O. The second kappa shape index (κ2) is 12.1. The Balaban J connectivity index is 0.000000754. The average Bonchev–Trinajstić information content (AvgIpc) is 2.49. The van der Waals surface area contributed by atoms with Crippen molar-refractivity contribution < 1.29 is 29.6 Å². The van der Waals surface area contributed by atoms with Crippen molar-refractivity contribution in [3.05, 3.63) is 42.0 Å². The summed E-state index contributed by atoms with van der Waals surface area (Å²) in [5.74, 6) is -2.73. The number of allylic oxidation sites excluding steroid dienone is 1. The fourth-order valence-electron chi connectivity index (χ4n) is 1.71. The summed E-state index contributed by atoms with van der Waals surface area (Å²) in [4.78, 5) is 18.2. The molecule has 0 fully saturated rings. The number of aryl methyl sites for hydroxylation is 1. The first-order chi connectivity index (χ1) is 11.3. The third-order valence-corrected chi connectivity index (χ3v) is 2.74. The van der Waals surface area contributed by atoms with Gasteiger partial charge in [-0.1, -0.05) is 23.8 Å². The molecule has 134 valence electrons. The van der Waals surface area contributed by atoms with Crippen molar-refractivity contribution >= 4 is 11.9 Å². The molecule has 0 bridgehead atoms. The number of hydrogen-bond acceptors (Lipinski definition) is 5. The van der Waals surface area contributed by atoms with E-state index in [1.165, 1.54) is 11.1 Å². The van der Waals surface area contributed by atoms with Crippen LogP contribution in [0.1, 0.15) is 18.1 Å². The molecule has 0 aliphatic carbocycles. The maximum Gasteiger partial charge on any atom is 0.414 e. The van der Waals surface area contributed by atoms with Crippen LogP contribution in [-0.4, -0.2) is 53.1 Å². The molecule has 1 aromatic rings. The van der Waals surface area contributed by atoms with Crippen molar-refractivity contribution in [3.8, 4) is 5.75 Å². The highest BCUT2D eigenvalue weighted by Gasteiger charge is 2.04. The molecule has 0 saturated heterocycles. The van der Waals surface area contributed by atoms with Crippen LogP contribution in [-0.2, 0) is 16.0 Å². The van der Waals surface area contributed by atoms with E-state index >= 15 is 0 Å². The lowest BCUT2D eigenvalue weighted by Gasteiger charge is -2.12. The van der Waals surface area contributed by atoms with Crippen LogP contribution in [0.25, 0.3) is 0 Å². The predicted molar refractivity (Wildman–Crippen MR) is 90.4 cm³/mol. The van der Waals surface area contributed by atoms with Gasteiger partial charge in [-0.05, 0) is 31.9 Å². The summed E-state index contributed by atoms with van der Waals surface area (Å²) in [6, 6.07) is 6.17. The third-order valence-electron chi connectivity index (χ3n) is 2.74. The molecular weight excluding hydrogens is 314 g/mol. The molecule has 24 heavy (non-hydrogen) atoms. The number of benzene rings is 1. The van der Waals surface area contributed by atoms with Gasteiger partial charge < -0.3 is 25.4 Å². The topological polar surface area (TPSA) is 116 Å². The van der Waals surface area contributed by atoms with Crippen molar-refractivity contribution in [1.82, 2.24) is 5.32 Å². The van der Waals surface area contributed by atoms with E-state index in [0.29, 0.717) is 13.2 Å². The van der Waals surface area contributed by atoms with Gasteiger partial charge in [-0.3, -0.25) is 0 Å². The van der Waals surface area contributed by atoms with Crippen LogP contribution in [0.5, 0.6) is 5.75 Å². The van der Waals surface area contributed by atoms with E-state index in [0.717, 1.165) is 18.7 Å². The minimum atomic E-state index is -1.82. The van der Waals surface area contributed by atoms with Gasteiger partial charge in [-0.2, -0.15) is 0 Å². The molecule has 1 unspecified atom stereocenters. The molecule has 7 nitrogen and oxygen atoms in total. The number of nitrogens with one attached hydrogen (secondary N) is 1. The number of aliphatic hydroxyl groups is 1. The van der Waals surface area contributed by atoms with Gasteiger partial charge in [0.2, 0.25) is 0 Å². The molecule has 0 spiro atoms. The molecule has 1 rings (SSSR count). The lowest BCUT2D eigenvalue weighted by molar-refractivity contribution is -0.159. The Morgan fingerprint density at radius 2 is 1.96 bits per heavy atom. The fraction of sp³-hybridized carbons (Fsp3) is 0.412. The number of ether oxygens (including phenoxy) is 1. The van der Waals surface area contributed by atoms with Crippen LogP contribution < -0.4 is 10.1 Å². The quantitative estimate of drug-likeness (QED) is 0.320. The minimum absolute atomic E-state index is 0.319. The van der Waals surface area contributed by atoms with Gasteiger partial charge in [-0.25, -0.2) is 9.59 Å². The average molecular weight is 339 g/mol. The van der Waals surface area contributed by atoms with Gasteiger partial charge in [0.15, 0.2) is 0 Å². The maximum atomic E-state index is 9.10. The lowest BCUT2D eigenvalue weighted by atomic mass is 10.1. The Labute approximate surface area is 141 Å². The van der Waals surface area contributed by atoms with Gasteiger partial charge in [-0.15, -0.1) is 6.58 Å². The van der Waals surface area contributed by atoms with Gasteiger partial charge in [0, 0.05) is 13.1 Å². The molecule has 0 aliphatic heterocycles. The van der Waals surface area contributed by atoms with Crippen LogP contribution in [0.4, 0.5) is 0 Å². The van der Waals surface area contributed by atoms with E-state index in [1.807, 2.05) is 18.2 Å². The van der Waals surface area contributed by atoms with Gasteiger partial charge in [0.05, 0.1) is 6.10 Å². The summed E-state index contributed by atoms with van der Waals surface area (Å²) in [6.07, 6.45) is 2.38. The van der Waals surface area contributed by atoms with E-state index in [1.54, 1.807) is 6.92 Å². The molecule has 0 heterocycles. The number of carboxylic acids is 2. The Bertz CT molecular complexity index is 530. The number of carboxylic acid groups (broad SMARTS) is 2. The van der Waals surface area contributed by atoms with Crippen molar-refractivity contribution in [1.29, 1.82) is 0 Å². The molecular formula is C17H25NO6. The summed E-state index contributed by atoms with van der Waals surface area (Å²) in [5, 5.41) is 27.0. The van der Waals surface area contributed by atoms with E-state index in [2.05, 4.69) is 24.9 Å². The molecule has 0 amide bonds. The van der Waals surface area contributed by atoms with Gasteiger partial charge in [0.1, 0.15) is 12.4 Å². The molecule has 0 saturated carbocycles. The zero-order chi connectivity index (χ0) is 18.5. The Hall–Kier alpha value is -2.38. The summed E-state index contributed by atoms with van der Waals surface area (Å²) in [5.41, 5.74) is 2.40. The zero-order valence-corrected chi connectivity index (χ0v) is 14.0.